The van der Waals surface area contributed by atoms with Crippen molar-refractivity contribution in [2.45, 2.75) is 38.6 Å². The van der Waals surface area contributed by atoms with Gasteiger partial charge in [0.05, 0.1) is 0 Å². The number of anilines is 1. The molecule has 1 aromatic rings. The van der Waals surface area contributed by atoms with Gasteiger partial charge in [0, 0.05) is 6.04 Å². The number of hydrogen-bond acceptors (Lipinski definition) is 2. The molecule has 1 saturated carbocycles. The summed E-state index contributed by atoms with van der Waals surface area (Å²) in [6, 6.07) is 6.25. The second kappa shape index (κ2) is 4.84. The van der Waals surface area contributed by atoms with E-state index in [4.69, 9.17) is 11.6 Å². The van der Waals surface area contributed by atoms with Crippen molar-refractivity contribution < 1.29 is 0 Å². The Balaban J connectivity index is 1.92. The molecule has 0 aromatic carbocycles. The van der Waals surface area contributed by atoms with Gasteiger partial charge in [-0.3, -0.25) is 0 Å². The lowest BCUT2D eigenvalue weighted by molar-refractivity contribution is 0.585. The maximum Gasteiger partial charge on any atom is 0.131 e. The van der Waals surface area contributed by atoms with E-state index in [-0.39, 0.29) is 0 Å². The monoisotopic (exact) mass is 224 g/mol. The lowest BCUT2D eigenvalue weighted by Gasteiger charge is -2.17. The van der Waals surface area contributed by atoms with Crippen LogP contribution in [0.5, 0.6) is 0 Å². The Kier molecular flexibility index (Phi) is 3.47. The summed E-state index contributed by atoms with van der Waals surface area (Å²) < 4.78 is 0. The van der Waals surface area contributed by atoms with Crippen LogP contribution < -0.4 is 5.32 Å². The highest BCUT2D eigenvalue weighted by atomic mass is 35.5. The molecule has 0 bridgehead atoms. The molecule has 0 amide bonds. The summed E-state index contributed by atoms with van der Waals surface area (Å²) in [5, 5.41) is 4.00. The van der Waals surface area contributed by atoms with E-state index < -0.39 is 0 Å². The van der Waals surface area contributed by atoms with Gasteiger partial charge in [-0.15, -0.1) is 0 Å². The van der Waals surface area contributed by atoms with Crippen molar-refractivity contribution in [2.24, 2.45) is 5.92 Å². The summed E-state index contributed by atoms with van der Waals surface area (Å²) in [6.45, 7) is 2.21. The Bertz CT molecular complexity index is 323. The van der Waals surface area contributed by atoms with Crippen LogP contribution in [0.4, 0.5) is 5.82 Å². The molecular formula is C12H17ClN2. The number of aromatic nitrogens is 1. The summed E-state index contributed by atoms with van der Waals surface area (Å²) >= 11 is 5.84. The van der Waals surface area contributed by atoms with Crippen LogP contribution in [-0.2, 0) is 0 Å². The molecule has 1 aliphatic rings. The molecular weight excluding hydrogens is 208 g/mol. The third kappa shape index (κ3) is 3.38. The topological polar surface area (TPSA) is 24.9 Å². The van der Waals surface area contributed by atoms with Gasteiger partial charge >= 0.3 is 0 Å². The highest BCUT2D eigenvalue weighted by Crippen LogP contribution is 2.34. The first-order valence-corrected chi connectivity index (χ1v) is 6.05. The van der Waals surface area contributed by atoms with Gasteiger partial charge in [0.2, 0.25) is 0 Å². The molecule has 1 unspecified atom stereocenters. The lowest BCUT2D eigenvalue weighted by Crippen LogP contribution is -2.19. The van der Waals surface area contributed by atoms with Crippen molar-refractivity contribution >= 4 is 17.4 Å². The Labute approximate surface area is 96.1 Å². The second-order valence-corrected chi connectivity index (χ2v) is 4.66. The predicted molar refractivity (Wildman–Crippen MR) is 64.3 cm³/mol. The first-order chi connectivity index (χ1) is 7.28. The summed E-state index contributed by atoms with van der Waals surface area (Å²) in [4.78, 5) is 4.24. The van der Waals surface area contributed by atoms with Crippen LogP contribution >= 0.6 is 11.6 Å². The van der Waals surface area contributed by atoms with Crippen LogP contribution in [0.15, 0.2) is 18.2 Å². The van der Waals surface area contributed by atoms with E-state index in [1.54, 1.807) is 6.07 Å². The van der Waals surface area contributed by atoms with Crippen molar-refractivity contribution in [1.82, 2.24) is 4.98 Å². The van der Waals surface area contributed by atoms with Gasteiger partial charge in [-0.1, -0.05) is 37.4 Å². The van der Waals surface area contributed by atoms with Crippen molar-refractivity contribution in [3.05, 3.63) is 23.4 Å². The Hall–Kier alpha value is -0.760. The first kappa shape index (κ1) is 10.7. The van der Waals surface area contributed by atoms with Gasteiger partial charge in [-0.05, 0) is 30.9 Å². The second-order valence-electron chi connectivity index (χ2n) is 4.27. The molecule has 0 saturated heterocycles. The normalized spacial score (nSPS) is 17.5. The number of pyridine rings is 1. The number of nitrogens with zero attached hydrogens (tertiary/aromatic N) is 1. The third-order valence-electron chi connectivity index (χ3n) is 2.87. The first-order valence-electron chi connectivity index (χ1n) is 5.67. The van der Waals surface area contributed by atoms with Crippen molar-refractivity contribution in [2.75, 3.05) is 5.32 Å². The molecule has 2 rings (SSSR count). The molecule has 0 aliphatic heterocycles. The maximum absolute atomic E-state index is 5.84. The van der Waals surface area contributed by atoms with E-state index in [0.29, 0.717) is 11.2 Å². The zero-order valence-electron chi connectivity index (χ0n) is 9.04. The maximum atomic E-state index is 5.84. The molecule has 1 atom stereocenters. The van der Waals surface area contributed by atoms with Gasteiger partial charge in [0.1, 0.15) is 11.0 Å². The minimum Gasteiger partial charge on any atom is -0.367 e. The molecule has 1 aromatic heterocycles. The summed E-state index contributed by atoms with van der Waals surface area (Å²) in [5.74, 6) is 1.84. The fourth-order valence-electron chi connectivity index (χ4n) is 1.78. The van der Waals surface area contributed by atoms with Gasteiger partial charge in [-0.2, -0.15) is 0 Å². The summed E-state index contributed by atoms with van der Waals surface area (Å²) in [6.07, 6.45) is 5.22. The van der Waals surface area contributed by atoms with Gasteiger partial charge in [0.25, 0.3) is 0 Å². The van der Waals surface area contributed by atoms with Gasteiger partial charge < -0.3 is 5.32 Å². The fourth-order valence-corrected chi connectivity index (χ4v) is 1.95. The van der Waals surface area contributed by atoms with Crippen LogP contribution in [0.3, 0.4) is 0 Å². The smallest absolute Gasteiger partial charge is 0.131 e. The molecule has 15 heavy (non-hydrogen) atoms. The fraction of sp³-hybridized carbons (Fsp3) is 0.583. The molecule has 0 radical (unpaired) electrons. The number of nitrogens with one attached hydrogen (secondary N) is 1. The number of halogens is 1. The Morgan fingerprint density at radius 3 is 2.93 bits per heavy atom. The molecule has 1 aliphatic carbocycles. The number of hydrogen-bond donors (Lipinski definition) is 1. The van der Waals surface area contributed by atoms with E-state index in [0.717, 1.165) is 18.2 Å². The largest absolute Gasteiger partial charge is 0.367 e. The lowest BCUT2D eigenvalue weighted by atomic mass is 10.1. The van der Waals surface area contributed by atoms with E-state index >= 15 is 0 Å². The quantitative estimate of drug-likeness (QED) is 0.771. The van der Waals surface area contributed by atoms with E-state index in [2.05, 4.69) is 17.2 Å². The van der Waals surface area contributed by atoms with Crippen molar-refractivity contribution in [3.63, 3.8) is 0 Å². The highest BCUT2D eigenvalue weighted by molar-refractivity contribution is 6.29. The molecule has 3 heteroatoms. The minimum absolute atomic E-state index is 0.545. The minimum atomic E-state index is 0.545. The number of rotatable bonds is 5. The molecule has 2 nitrogen and oxygen atoms in total. The van der Waals surface area contributed by atoms with Crippen LogP contribution in [0, 0.1) is 5.92 Å². The van der Waals surface area contributed by atoms with Crippen LogP contribution in [0.1, 0.15) is 32.6 Å². The van der Waals surface area contributed by atoms with E-state index in [1.807, 2.05) is 12.1 Å². The summed E-state index contributed by atoms with van der Waals surface area (Å²) in [5.41, 5.74) is 0. The van der Waals surface area contributed by atoms with Crippen LogP contribution in [0.25, 0.3) is 0 Å². The molecule has 1 N–H and O–H groups in total. The molecule has 1 heterocycles. The van der Waals surface area contributed by atoms with Crippen LogP contribution in [-0.4, -0.2) is 11.0 Å². The average molecular weight is 225 g/mol. The van der Waals surface area contributed by atoms with Crippen LogP contribution in [0.2, 0.25) is 5.15 Å². The molecule has 82 valence electrons. The standard InChI is InChI=1S/C12H17ClN2/c1-2-10(8-9-6-7-9)14-12-5-3-4-11(13)15-12/h3-5,9-10H,2,6-8H2,1H3,(H,14,15). The summed E-state index contributed by atoms with van der Waals surface area (Å²) in [7, 11) is 0. The molecule has 0 spiro atoms. The zero-order chi connectivity index (χ0) is 10.7. The zero-order valence-corrected chi connectivity index (χ0v) is 9.80. The SMILES string of the molecule is CCC(CC1CC1)Nc1cccc(Cl)n1. The van der Waals surface area contributed by atoms with Gasteiger partial charge in [0.15, 0.2) is 0 Å². The highest BCUT2D eigenvalue weighted by Gasteiger charge is 2.24. The van der Waals surface area contributed by atoms with E-state index in [1.165, 1.54) is 19.3 Å². The van der Waals surface area contributed by atoms with Gasteiger partial charge in [-0.25, -0.2) is 4.98 Å². The Morgan fingerprint density at radius 2 is 2.33 bits per heavy atom. The van der Waals surface area contributed by atoms with E-state index in [9.17, 15) is 0 Å². The van der Waals surface area contributed by atoms with Crippen molar-refractivity contribution in [1.29, 1.82) is 0 Å². The molecule has 1 fully saturated rings. The predicted octanol–water partition coefficient (Wildman–Crippen LogP) is 3.73. The average Bonchev–Trinajstić information content (AvgIpc) is 3.01. The Morgan fingerprint density at radius 1 is 1.53 bits per heavy atom. The third-order valence-corrected chi connectivity index (χ3v) is 3.09. The van der Waals surface area contributed by atoms with Crippen molar-refractivity contribution in [3.8, 4) is 0 Å².